The second-order valence-electron chi connectivity index (χ2n) is 12.3. The molecular weight excluding hydrogens is 494 g/mol. The maximum Gasteiger partial charge on any atom is 0.314 e. The first-order valence-electron chi connectivity index (χ1n) is 16.1. The van der Waals surface area contributed by atoms with E-state index >= 15 is 0 Å². The average molecular weight is 553 g/mol. The summed E-state index contributed by atoms with van der Waals surface area (Å²) in [5.74, 6) is 0.677. The summed E-state index contributed by atoms with van der Waals surface area (Å²) in [6, 6.07) is 18.8. The number of aryl methyl sites for hydroxylation is 1. The Morgan fingerprint density at radius 3 is 1.98 bits per heavy atom. The van der Waals surface area contributed by atoms with Crippen LogP contribution in [-0.4, -0.2) is 43.8 Å². The minimum atomic E-state index is -0.188. The zero-order valence-corrected chi connectivity index (χ0v) is 26.3. The lowest BCUT2D eigenvalue weighted by Crippen LogP contribution is -2.45. The van der Waals surface area contributed by atoms with Crippen LogP contribution in [0.2, 0.25) is 0 Å². The molecule has 40 heavy (non-hydrogen) atoms. The molecule has 0 fully saturated rings. The summed E-state index contributed by atoms with van der Waals surface area (Å²) < 4.78 is 12.8. The highest BCUT2D eigenvalue weighted by Crippen LogP contribution is 2.23. The highest BCUT2D eigenvalue weighted by molar-refractivity contribution is 5.72. The van der Waals surface area contributed by atoms with Crippen molar-refractivity contribution >= 4 is 5.97 Å². The lowest BCUT2D eigenvalue weighted by molar-refractivity contribution is -0.906. The summed E-state index contributed by atoms with van der Waals surface area (Å²) in [5.41, 5.74) is 2.53. The van der Waals surface area contributed by atoms with Gasteiger partial charge in [-0.2, -0.15) is 0 Å². The van der Waals surface area contributed by atoms with Crippen LogP contribution in [0.25, 0.3) is 0 Å². The smallest absolute Gasteiger partial charge is 0.314 e. The van der Waals surface area contributed by atoms with Crippen molar-refractivity contribution in [1.82, 2.24) is 0 Å². The van der Waals surface area contributed by atoms with E-state index in [9.17, 15) is 4.79 Å². The van der Waals surface area contributed by atoms with Gasteiger partial charge in [-0.1, -0.05) is 127 Å². The van der Waals surface area contributed by atoms with E-state index in [4.69, 9.17) is 9.47 Å². The Bertz CT molecular complexity index is 927. The quantitative estimate of drug-likeness (QED) is 0.0830. The number of hydrogen-bond acceptors (Lipinski definition) is 3. The Balaban J connectivity index is 1.70. The molecule has 2 aromatic rings. The van der Waals surface area contributed by atoms with Gasteiger partial charge in [-0.05, 0) is 37.8 Å². The lowest BCUT2D eigenvalue weighted by Gasteiger charge is -2.32. The van der Waals surface area contributed by atoms with E-state index in [1.54, 1.807) is 0 Å². The van der Waals surface area contributed by atoms with Crippen LogP contribution in [0.15, 0.2) is 54.6 Å². The average Bonchev–Trinajstić information content (AvgIpc) is 2.94. The molecule has 4 heteroatoms. The summed E-state index contributed by atoms with van der Waals surface area (Å²) in [7, 11) is 4.36. The van der Waals surface area contributed by atoms with Crippen LogP contribution in [0.4, 0.5) is 0 Å². The van der Waals surface area contributed by atoms with Gasteiger partial charge in [-0.15, -0.1) is 0 Å². The fraction of sp³-hybridized carbons (Fsp3) is 0.639. The van der Waals surface area contributed by atoms with Gasteiger partial charge in [-0.25, -0.2) is 0 Å². The molecule has 2 unspecified atom stereocenters. The van der Waals surface area contributed by atoms with Crippen molar-refractivity contribution in [3.8, 4) is 5.75 Å². The van der Waals surface area contributed by atoms with E-state index < -0.39 is 0 Å². The van der Waals surface area contributed by atoms with Gasteiger partial charge in [0.1, 0.15) is 30.9 Å². The largest absolute Gasteiger partial charge is 0.487 e. The zero-order chi connectivity index (χ0) is 29.1. The second kappa shape index (κ2) is 19.7. The molecule has 0 saturated carbocycles. The number of benzene rings is 2. The Hall–Kier alpha value is -2.33. The molecular formula is C36H58NO3+. The summed E-state index contributed by atoms with van der Waals surface area (Å²) in [6.45, 7) is 8.25. The Kier molecular flexibility index (Phi) is 16.7. The molecule has 224 valence electrons. The monoisotopic (exact) mass is 552 g/mol. The molecule has 0 aliphatic heterocycles. The van der Waals surface area contributed by atoms with Crippen molar-refractivity contribution in [2.45, 2.75) is 117 Å². The molecule has 0 saturated heterocycles. The first-order valence-corrected chi connectivity index (χ1v) is 16.1. The van der Waals surface area contributed by atoms with Crippen LogP contribution in [0.3, 0.4) is 0 Å². The van der Waals surface area contributed by atoms with E-state index in [1.165, 1.54) is 81.8 Å². The van der Waals surface area contributed by atoms with E-state index in [0.29, 0.717) is 0 Å². The summed E-state index contributed by atoms with van der Waals surface area (Å²) in [6.07, 6.45) is 16.5. The van der Waals surface area contributed by atoms with Crippen LogP contribution in [-0.2, 0) is 22.5 Å². The SMILES string of the molecule is CCCCCCCCCCCCCc1ccccc1OC(C)COC(=O)C(CC)C[N+](C)(C)Cc1ccccc1. The third-order valence-corrected chi connectivity index (χ3v) is 7.80. The van der Waals surface area contributed by atoms with Gasteiger partial charge in [-0.3, -0.25) is 4.79 Å². The van der Waals surface area contributed by atoms with Gasteiger partial charge in [0.05, 0.1) is 20.6 Å². The minimum Gasteiger partial charge on any atom is -0.487 e. The van der Waals surface area contributed by atoms with Crippen LogP contribution < -0.4 is 4.74 Å². The standard InChI is InChI=1S/C36H58NO3/c1-6-8-9-10-11-12-13-14-15-16-20-25-34-26-21-22-27-35(34)40-31(3)30-39-36(38)33(7-2)29-37(4,5)28-32-23-18-17-19-24-32/h17-19,21-24,26-27,31,33H,6-16,20,25,28-30H2,1-5H3/q+1. The van der Waals surface area contributed by atoms with Gasteiger partial charge >= 0.3 is 5.97 Å². The molecule has 0 bridgehead atoms. The van der Waals surface area contributed by atoms with Gasteiger partial charge in [0.2, 0.25) is 0 Å². The molecule has 2 aromatic carbocycles. The first-order chi connectivity index (χ1) is 19.3. The molecule has 0 spiro atoms. The molecule has 0 aromatic heterocycles. The molecule has 2 atom stereocenters. The number of unbranched alkanes of at least 4 members (excludes halogenated alkanes) is 10. The summed E-state index contributed by atoms with van der Waals surface area (Å²) >= 11 is 0. The van der Waals surface area contributed by atoms with E-state index in [2.05, 4.69) is 64.3 Å². The predicted molar refractivity (Wildman–Crippen MR) is 169 cm³/mol. The van der Waals surface area contributed by atoms with Crippen molar-refractivity contribution in [2.24, 2.45) is 5.92 Å². The molecule has 0 aliphatic rings. The molecule has 0 N–H and O–H groups in total. The van der Waals surface area contributed by atoms with Crippen molar-refractivity contribution in [3.05, 3.63) is 65.7 Å². The molecule has 0 heterocycles. The maximum absolute atomic E-state index is 13.0. The first kappa shape index (κ1) is 33.9. The van der Waals surface area contributed by atoms with Crippen molar-refractivity contribution in [1.29, 1.82) is 0 Å². The van der Waals surface area contributed by atoms with E-state index in [1.807, 2.05) is 25.1 Å². The van der Waals surface area contributed by atoms with Crippen LogP contribution in [0, 0.1) is 5.92 Å². The van der Waals surface area contributed by atoms with Crippen molar-refractivity contribution in [2.75, 3.05) is 27.2 Å². The zero-order valence-electron chi connectivity index (χ0n) is 26.3. The number of esters is 1. The highest BCUT2D eigenvalue weighted by atomic mass is 16.6. The number of ether oxygens (including phenoxy) is 2. The van der Waals surface area contributed by atoms with Crippen molar-refractivity contribution < 1.29 is 18.8 Å². The molecule has 0 radical (unpaired) electrons. The summed E-state index contributed by atoms with van der Waals surface area (Å²) in [4.78, 5) is 13.0. The molecule has 4 nitrogen and oxygen atoms in total. The van der Waals surface area contributed by atoms with E-state index in [-0.39, 0.29) is 24.6 Å². The number of nitrogens with zero attached hydrogens (tertiary/aromatic N) is 1. The number of para-hydroxylation sites is 1. The van der Waals surface area contributed by atoms with Crippen LogP contribution in [0.5, 0.6) is 5.75 Å². The third-order valence-electron chi connectivity index (χ3n) is 7.80. The maximum atomic E-state index is 13.0. The predicted octanol–water partition coefficient (Wildman–Crippen LogP) is 9.15. The normalized spacial score (nSPS) is 13.1. The van der Waals surface area contributed by atoms with E-state index in [0.717, 1.165) is 36.2 Å². The minimum absolute atomic E-state index is 0.119. The van der Waals surface area contributed by atoms with Gasteiger partial charge in [0.15, 0.2) is 0 Å². The fourth-order valence-corrected chi connectivity index (χ4v) is 5.48. The molecule has 2 rings (SSSR count). The fourth-order valence-electron chi connectivity index (χ4n) is 5.48. The number of carbonyl (C=O) groups is 1. The Morgan fingerprint density at radius 2 is 1.35 bits per heavy atom. The van der Waals surface area contributed by atoms with Crippen LogP contribution >= 0.6 is 0 Å². The Morgan fingerprint density at radius 1 is 0.775 bits per heavy atom. The lowest BCUT2D eigenvalue weighted by atomic mass is 10.0. The van der Waals surface area contributed by atoms with Gasteiger partial charge < -0.3 is 14.0 Å². The Labute approximate surface area is 246 Å². The number of carbonyl (C=O) groups excluding carboxylic acids is 1. The van der Waals surface area contributed by atoms with Gasteiger partial charge in [0.25, 0.3) is 0 Å². The second-order valence-corrected chi connectivity index (χ2v) is 12.3. The third kappa shape index (κ3) is 14.3. The topological polar surface area (TPSA) is 35.5 Å². The molecule has 0 amide bonds. The number of quaternary nitrogens is 1. The highest BCUT2D eigenvalue weighted by Gasteiger charge is 2.28. The van der Waals surface area contributed by atoms with Crippen LogP contribution in [0.1, 0.15) is 109 Å². The molecule has 0 aliphatic carbocycles. The number of hydrogen-bond donors (Lipinski definition) is 0. The van der Waals surface area contributed by atoms with Crippen molar-refractivity contribution in [3.63, 3.8) is 0 Å². The number of rotatable bonds is 22. The van der Waals surface area contributed by atoms with Gasteiger partial charge in [0, 0.05) is 5.56 Å². The summed E-state index contributed by atoms with van der Waals surface area (Å²) in [5, 5.41) is 0.